The summed E-state index contributed by atoms with van der Waals surface area (Å²) in [4.78, 5) is 45.7. The second-order valence-electron chi connectivity index (χ2n) is 13.5. The van der Waals surface area contributed by atoms with Crippen molar-refractivity contribution in [2.75, 3.05) is 19.8 Å². The first-order valence-electron chi connectivity index (χ1n) is 20.0. The highest BCUT2D eigenvalue weighted by atomic mass is 31.2. The third kappa shape index (κ3) is 34.8. The van der Waals surface area contributed by atoms with E-state index in [0.29, 0.717) is 12.8 Å². The van der Waals surface area contributed by atoms with Gasteiger partial charge >= 0.3 is 19.8 Å². The number of aliphatic hydroxyl groups is 1. The number of esters is 1. The predicted octanol–water partition coefficient (Wildman–Crippen LogP) is 9.66. The minimum atomic E-state index is -4.76. The number of amides is 1. The first-order valence-corrected chi connectivity index (χ1v) is 21.5. The van der Waals surface area contributed by atoms with Gasteiger partial charge in [0.2, 0.25) is 5.91 Å². The molecule has 1 amide bonds. The summed E-state index contributed by atoms with van der Waals surface area (Å²) in [5.41, 5.74) is 0. The number of unbranched alkanes of at least 4 members (excludes halogenated alkanes) is 17. The van der Waals surface area contributed by atoms with Crippen LogP contribution in [0.3, 0.4) is 0 Å². The Bertz CT molecular complexity index is 1030. The van der Waals surface area contributed by atoms with E-state index >= 15 is 0 Å². The van der Waals surface area contributed by atoms with Gasteiger partial charge in [-0.2, -0.15) is 0 Å². The molecule has 0 spiro atoms. The number of carbonyl (C=O) groups is 3. The molecule has 0 aromatic heterocycles. The van der Waals surface area contributed by atoms with Gasteiger partial charge < -0.3 is 25.2 Å². The predicted molar refractivity (Wildman–Crippen MR) is 208 cm³/mol. The van der Waals surface area contributed by atoms with Crippen LogP contribution in [0.15, 0.2) is 36.5 Å². The van der Waals surface area contributed by atoms with Gasteiger partial charge in [-0.1, -0.05) is 121 Å². The fourth-order valence-electron chi connectivity index (χ4n) is 5.22. The second-order valence-corrected chi connectivity index (χ2v) is 14.9. The third-order valence-electron chi connectivity index (χ3n) is 8.40. The quantitative estimate of drug-likeness (QED) is 0.0207. The Morgan fingerprint density at radius 2 is 1.06 bits per heavy atom. The van der Waals surface area contributed by atoms with Crippen LogP contribution in [0.2, 0.25) is 0 Å². The van der Waals surface area contributed by atoms with Crippen LogP contribution in [-0.4, -0.2) is 64.9 Å². The van der Waals surface area contributed by atoms with Crippen molar-refractivity contribution in [2.45, 2.75) is 180 Å². The topological polar surface area (TPSA) is 169 Å². The zero-order chi connectivity index (χ0) is 38.5. The number of carbonyl (C=O) groups excluding carboxylic acids is 2. The molecular formula is C40H72NO10P. The average molecular weight is 758 g/mol. The lowest BCUT2D eigenvalue weighted by atomic mass is 10.1. The highest BCUT2D eigenvalue weighted by molar-refractivity contribution is 7.47. The maximum atomic E-state index is 12.2. The zero-order valence-corrected chi connectivity index (χ0v) is 33.3. The van der Waals surface area contributed by atoms with Crippen LogP contribution in [0.25, 0.3) is 0 Å². The number of phosphoric acid groups is 1. The largest absolute Gasteiger partial charge is 0.480 e. The minimum absolute atomic E-state index is 0.134. The van der Waals surface area contributed by atoms with Crippen molar-refractivity contribution in [2.24, 2.45) is 0 Å². The second kappa shape index (κ2) is 35.7. The third-order valence-corrected chi connectivity index (χ3v) is 9.35. The Hall–Kier alpha value is -2.30. The van der Waals surface area contributed by atoms with Gasteiger partial charge in [-0.25, -0.2) is 9.36 Å². The first kappa shape index (κ1) is 49.7. The molecule has 0 aliphatic carbocycles. The molecule has 0 fully saturated rings. The number of hydrogen-bond acceptors (Lipinski definition) is 8. The van der Waals surface area contributed by atoms with Gasteiger partial charge in [0.05, 0.1) is 13.2 Å². The van der Waals surface area contributed by atoms with Crippen molar-refractivity contribution < 1.29 is 47.8 Å². The smallest absolute Gasteiger partial charge is 0.472 e. The summed E-state index contributed by atoms with van der Waals surface area (Å²) >= 11 is 0. The van der Waals surface area contributed by atoms with E-state index in [0.717, 1.165) is 83.5 Å². The van der Waals surface area contributed by atoms with E-state index < -0.39 is 57.6 Å². The summed E-state index contributed by atoms with van der Waals surface area (Å²) in [5.74, 6) is -2.40. The maximum absolute atomic E-state index is 12.2. The number of phosphoric ester groups is 1. The van der Waals surface area contributed by atoms with Crippen LogP contribution >= 0.6 is 7.82 Å². The Balaban J connectivity index is 3.98. The van der Waals surface area contributed by atoms with Gasteiger partial charge in [-0.15, -0.1) is 0 Å². The molecule has 0 saturated carbocycles. The molecule has 0 aliphatic rings. The zero-order valence-electron chi connectivity index (χ0n) is 32.4. The Morgan fingerprint density at radius 3 is 1.62 bits per heavy atom. The van der Waals surface area contributed by atoms with Gasteiger partial charge in [-0.3, -0.25) is 18.6 Å². The van der Waals surface area contributed by atoms with Crippen LogP contribution in [0.5, 0.6) is 0 Å². The van der Waals surface area contributed by atoms with Gasteiger partial charge in [0.25, 0.3) is 0 Å². The number of carboxylic acid groups (broad SMARTS) is 1. The summed E-state index contributed by atoms with van der Waals surface area (Å²) in [5, 5.41) is 21.7. The van der Waals surface area contributed by atoms with Crippen LogP contribution in [0.1, 0.15) is 168 Å². The van der Waals surface area contributed by atoms with Crippen LogP contribution in [-0.2, 0) is 32.7 Å². The van der Waals surface area contributed by atoms with Gasteiger partial charge in [0.15, 0.2) is 6.04 Å². The number of ether oxygens (including phenoxy) is 1. The summed E-state index contributed by atoms with van der Waals surface area (Å²) < 4.78 is 26.7. The molecule has 0 radical (unpaired) electrons. The van der Waals surface area contributed by atoms with Crippen molar-refractivity contribution in [1.29, 1.82) is 0 Å². The minimum Gasteiger partial charge on any atom is -0.480 e. The highest BCUT2D eigenvalue weighted by Gasteiger charge is 2.28. The summed E-state index contributed by atoms with van der Waals surface area (Å²) in [6, 6.07) is -1.55. The Labute approximate surface area is 314 Å². The van der Waals surface area contributed by atoms with E-state index in [1.165, 1.54) is 44.9 Å². The molecule has 0 aromatic rings. The van der Waals surface area contributed by atoms with E-state index in [1.54, 1.807) is 0 Å². The molecule has 0 aromatic carbocycles. The number of hydrogen-bond donors (Lipinski definition) is 4. The van der Waals surface area contributed by atoms with E-state index in [1.807, 2.05) is 0 Å². The first-order chi connectivity index (χ1) is 25.1. The molecule has 12 heteroatoms. The van der Waals surface area contributed by atoms with E-state index in [2.05, 4.69) is 55.6 Å². The van der Waals surface area contributed by atoms with Crippen molar-refractivity contribution in [1.82, 2.24) is 5.32 Å². The highest BCUT2D eigenvalue weighted by Crippen LogP contribution is 2.43. The molecule has 0 saturated heterocycles. The molecule has 3 unspecified atom stereocenters. The van der Waals surface area contributed by atoms with Crippen molar-refractivity contribution in [3.8, 4) is 0 Å². The van der Waals surface area contributed by atoms with Crippen LogP contribution in [0.4, 0.5) is 0 Å². The molecule has 302 valence electrons. The summed E-state index contributed by atoms with van der Waals surface area (Å²) in [6.45, 7) is 2.51. The fraction of sp³-hybridized carbons (Fsp3) is 0.775. The Morgan fingerprint density at radius 1 is 0.615 bits per heavy atom. The average Bonchev–Trinajstić information content (AvgIpc) is 3.11. The molecule has 0 aliphatic heterocycles. The van der Waals surface area contributed by atoms with Crippen molar-refractivity contribution in [3.05, 3.63) is 36.5 Å². The van der Waals surface area contributed by atoms with Crippen molar-refractivity contribution in [3.63, 3.8) is 0 Å². The maximum Gasteiger partial charge on any atom is 0.472 e. The standard InChI is InChI=1S/C40H72NO10P/c1-3-5-7-9-11-13-15-17-18-20-22-24-26-28-30-32-39(44)49-33-36(42)34-50-52(47,48)51-35-37(40(45)46)41-38(43)31-29-27-25-23-21-19-16-14-12-10-8-6-4-2/h11,13-14,16-18,36-37,42H,3-10,12,15,19-35H2,1-2H3,(H,41,43)(H,45,46)(H,47,48)/b13-11-,16-14-,18-17-. The fourth-order valence-corrected chi connectivity index (χ4v) is 5.99. The molecule has 3 atom stereocenters. The molecule has 0 rings (SSSR count). The number of rotatable bonds is 37. The normalized spacial score (nSPS) is 14.2. The molecular weight excluding hydrogens is 685 g/mol. The number of aliphatic carboxylic acids is 1. The molecule has 11 nitrogen and oxygen atoms in total. The summed E-state index contributed by atoms with van der Waals surface area (Å²) in [7, 11) is -4.76. The van der Waals surface area contributed by atoms with Crippen LogP contribution < -0.4 is 5.32 Å². The number of aliphatic hydroxyl groups excluding tert-OH is 1. The van der Waals surface area contributed by atoms with Crippen molar-refractivity contribution >= 4 is 25.7 Å². The van der Waals surface area contributed by atoms with Gasteiger partial charge in [0.1, 0.15) is 12.7 Å². The molecule has 52 heavy (non-hydrogen) atoms. The van der Waals surface area contributed by atoms with E-state index in [4.69, 9.17) is 13.8 Å². The van der Waals surface area contributed by atoms with Gasteiger partial charge in [0, 0.05) is 12.8 Å². The Kier molecular flexibility index (Phi) is 34.1. The molecule has 0 bridgehead atoms. The monoisotopic (exact) mass is 757 g/mol. The number of allylic oxidation sites excluding steroid dienone is 6. The molecule has 0 heterocycles. The molecule has 4 N–H and O–H groups in total. The van der Waals surface area contributed by atoms with E-state index in [9.17, 15) is 34.1 Å². The lowest BCUT2D eigenvalue weighted by molar-refractivity contribution is -0.147. The van der Waals surface area contributed by atoms with E-state index in [-0.39, 0.29) is 12.8 Å². The lowest BCUT2D eigenvalue weighted by Gasteiger charge is -2.18. The number of carboxylic acids is 1. The number of nitrogens with one attached hydrogen (secondary N) is 1. The lowest BCUT2D eigenvalue weighted by Crippen LogP contribution is -2.43. The van der Waals surface area contributed by atoms with Crippen LogP contribution in [0, 0.1) is 0 Å². The SMILES string of the molecule is CCCCC/C=C\C/C=C\CCCCCCCC(=O)OCC(O)COP(=O)(O)OCC(NC(=O)CCCCCCC/C=C\CCCCCC)C(=O)O. The van der Waals surface area contributed by atoms with Gasteiger partial charge in [-0.05, 0) is 70.6 Å². The summed E-state index contributed by atoms with van der Waals surface area (Å²) in [6.07, 6.45) is 36.0.